The van der Waals surface area contributed by atoms with Gasteiger partial charge < -0.3 is 4.74 Å². The molecular weight excluding hydrogens is 256 g/mol. The predicted molar refractivity (Wildman–Crippen MR) is 95.9 cm³/mol. The molecule has 0 fully saturated rings. The van der Waals surface area contributed by atoms with Crippen molar-refractivity contribution in [2.45, 2.75) is 91.9 Å². The molecule has 0 amide bonds. The Bertz CT molecular complexity index is 248. The van der Waals surface area contributed by atoms with Crippen LogP contribution in [0.15, 0.2) is 23.3 Å². The lowest BCUT2D eigenvalue weighted by molar-refractivity contribution is 0.129. The summed E-state index contributed by atoms with van der Waals surface area (Å²) in [6.45, 7) is 10.8. The lowest BCUT2D eigenvalue weighted by Crippen LogP contribution is -1.99. The fourth-order valence-corrected chi connectivity index (χ4v) is 2.78. The molecule has 0 rings (SSSR count). The first-order chi connectivity index (χ1) is 10.3. The van der Waals surface area contributed by atoms with Crippen LogP contribution in [0.3, 0.4) is 0 Å². The molecule has 0 N–H and O–H groups in total. The van der Waals surface area contributed by atoms with Crippen molar-refractivity contribution in [3.05, 3.63) is 23.3 Å². The zero-order valence-corrected chi connectivity index (χ0v) is 15.0. The van der Waals surface area contributed by atoms with E-state index in [4.69, 9.17) is 4.74 Å². The fourth-order valence-electron chi connectivity index (χ4n) is 2.78. The van der Waals surface area contributed by atoms with Crippen molar-refractivity contribution in [2.75, 3.05) is 13.2 Å². The molecule has 0 bridgehead atoms. The molecule has 0 aliphatic rings. The zero-order valence-electron chi connectivity index (χ0n) is 15.0. The Kier molecular flexibility index (Phi) is 15.4. The van der Waals surface area contributed by atoms with Crippen molar-refractivity contribution in [2.24, 2.45) is 0 Å². The third-order valence-corrected chi connectivity index (χ3v) is 3.70. The SMILES string of the molecule is CCC=C(CCC)CCCOCCCC(=CCC)CCC. The molecule has 124 valence electrons. The van der Waals surface area contributed by atoms with Crippen molar-refractivity contribution < 1.29 is 4.74 Å². The Morgan fingerprint density at radius 1 is 0.667 bits per heavy atom. The molecule has 0 aromatic carbocycles. The molecule has 0 aromatic rings. The highest BCUT2D eigenvalue weighted by atomic mass is 16.5. The van der Waals surface area contributed by atoms with Gasteiger partial charge in [-0.1, -0.05) is 63.8 Å². The van der Waals surface area contributed by atoms with Crippen LogP contribution in [-0.2, 0) is 4.74 Å². The van der Waals surface area contributed by atoms with Crippen LogP contribution in [0.2, 0.25) is 0 Å². The smallest absolute Gasteiger partial charge is 0.0469 e. The summed E-state index contributed by atoms with van der Waals surface area (Å²) in [6, 6.07) is 0. The quantitative estimate of drug-likeness (QED) is 0.252. The van der Waals surface area contributed by atoms with Crippen LogP contribution in [0.5, 0.6) is 0 Å². The van der Waals surface area contributed by atoms with Gasteiger partial charge in [0, 0.05) is 13.2 Å². The van der Waals surface area contributed by atoms with Crippen LogP contribution in [0.4, 0.5) is 0 Å². The van der Waals surface area contributed by atoms with Gasteiger partial charge in [-0.3, -0.25) is 0 Å². The second-order valence-electron chi connectivity index (χ2n) is 5.86. The standard InChI is InChI=1S/C20H38O/c1-5-11-19(12-6-2)15-9-17-21-18-10-16-20(13-7-3)14-8-4/h11,13H,5-10,12,14-18H2,1-4H3. The van der Waals surface area contributed by atoms with Crippen LogP contribution < -0.4 is 0 Å². The van der Waals surface area contributed by atoms with E-state index >= 15 is 0 Å². The van der Waals surface area contributed by atoms with Crippen LogP contribution in [0.25, 0.3) is 0 Å². The highest BCUT2D eigenvalue weighted by molar-refractivity contribution is 5.01. The summed E-state index contributed by atoms with van der Waals surface area (Å²) >= 11 is 0. The first kappa shape index (κ1) is 20.4. The number of hydrogen-bond donors (Lipinski definition) is 0. The number of hydrogen-bond acceptors (Lipinski definition) is 1. The molecule has 0 saturated heterocycles. The minimum atomic E-state index is 0.922. The molecule has 0 atom stereocenters. The second kappa shape index (κ2) is 15.8. The van der Waals surface area contributed by atoms with Gasteiger partial charge >= 0.3 is 0 Å². The van der Waals surface area contributed by atoms with Gasteiger partial charge in [-0.15, -0.1) is 0 Å². The topological polar surface area (TPSA) is 9.23 Å². The summed E-state index contributed by atoms with van der Waals surface area (Å²) in [5, 5.41) is 0. The van der Waals surface area contributed by atoms with E-state index in [0.717, 1.165) is 13.2 Å². The largest absolute Gasteiger partial charge is 0.381 e. The summed E-state index contributed by atoms with van der Waals surface area (Å²) < 4.78 is 5.79. The molecule has 21 heavy (non-hydrogen) atoms. The molecular formula is C20H38O. The minimum absolute atomic E-state index is 0.922. The molecule has 0 unspecified atom stereocenters. The van der Waals surface area contributed by atoms with Gasteiger partial charge in [0.05, 0.1) is 0 Å². The van der Waals surface area contributed by atoms with Gasteiger partial charge in [-0.25, -0.2) is 0 Å². The Labute approximate surface area is 133 Å². The molecule has 0 aliphatic carbocycles. The monoisotopic (exact) mass is 294 g/mol. The molecule has 1 heteroatoms. The summed E-state index contributed by atoms with van der Waals surface area (Å²) in [4.78, 5) is 0. The molecule has 0 saturated carbocycles. The minimum Gasteiger partial charge on any atom is -0.381 e. The maximum atomic E-state index is 5.79. The summed E-state index contributed by atoms with van der Waals surface area (Å²) in [7, 11) is 0. The average molecular weight is 295 g/mol. The molecule has 0 aromatic heterocycles. The second-order valence-corrected chi connectivity index (χ2v) is 5.86. The van der Waals surface area contributed by atoms with Crippen molar-refractivity contribution in [1.29, 1.82) is 0 Å². The van der Waals surface area contributed by atoms with Crippen LogP contribution >= 0.6 is 0 Å². The molecule has 0 spiro atoms. The lowest BCUT2D eigenvalue weighted by Gasteiger charge is -2.08. The normalized spacial score (nSPS) is 13.0. The van der Waals surface area contributed by atoms with E-state index < -0.39 is 0 Å². The Hall–Kier alpha value is -0.560. The Balaban J connectivity index is 3.63. The van der Waals surface area contributed by atoms with E-state index in [1.807, 2.05) is 0 Å². The summed E-state index contributed by atoms with van der Waals surface area (Å²) in [5.41, 5.74) is 3.25. The molecule has 0 aliphatic heterocycles. The summed E-state index contributed by atoms with van der Waals surface area (Å²) in [5.74, 6) is 0. The molecule has 1 nitrogen and oxygen atoms in total. The van der Waals surface area contributed by atoms with Gasteiger partial charge in [-0.05, 0) is 51.4 Å². The van der Waals surface area contributed by atoms with Crippen LogP contribution in [0, 0.1) is 0 Å². The van der Waals surface area contributed by atoms with Crippen molar-refractivity contribution >= 4 is 0 Å². The summed E-state index contributed by atoms with van der Waals surface area (Å²) in [6.07, 6.45) is 17.0. The number of rotatable bonds is 14. The third-order valence-electron chi connectivity index (χ3n) is 3.70. The predicted octanol–water partition coefficient (Wildman–Crippen LogP) is 6.84. The lowest BCUT2D eigenvalue weighted by atomic mass is 10.0. The molecule has 0 heterocycles. The van der Waals surface area contributed by atoms with Crippen molar-refractivity contribution in [1.82, 2.24) is 0 Å². The highest BCUT2D eigenvalue weighted by Crippen LogP contribution is 2.14. The zero-order chi connectivity index (χ0) is 15.8. The van der Waals surface area contributed by atoms with E-state index in [1.54, 1.807) is 11.1 Å². The number of ether oxygens (including phenoxy) is 1. The Morgan fingerprint density at radius 2 is 1.10 bits per heavy atom. The third kappa shape index (κ3) is 12.9. The molecule has 0 radical (unpaired) electrons. The number of allylic oxidation sites excluding steroid dienone is 4. The maximum absolute atomic E-state index is 5.79. The van der Waals surface area contributed by atoms with E-state index in [9.17, 15) is 0 Å². The highest BCUT2D eigenvalue weighted by Gasteiger charge is 1.98. The van der Waals surface area contributed by atoms with E-state index in [1.165, 1.54) is 64.2 Å². The van der Waals surface area contributed by atoms with Gasteiger partial charge in [0.1, 0.15) is 0 Å². The average Bonchev–Trinajstić information content (AvgIpc) is 2.47. The van der Waals surface area contributed by atoms with Gasteiger partial charge in [-0.2, -0.15) is 0 Å². The van der Waals surface area contributed by atoms with Crippen LogP contribution in [0.1, 0.15) is 91.9 Å². The van der Waals surface area contributed by atoms with Gasteiger partial charge in [0.2, 0.25) is 0 Å². The van der Waals surface area contributed by atoms with Crippen molar-refractivity contribution in [3.63, 3.8) is 0 Å². The van der Waals surface area contributed by atoms with Gasteiger partial charge in [0.25, 0.3) is 0 Å². The maximum Gasteiger partial charge on any atom is 0.0469 e. The van der Waals surface area contributed by atoms with Crippen molar-refractivity contribution in [3.8, 4) is 0 Å². The van der Waals surface area contributed by atoms with Crippen LogP contribution in [-0.4, -0.2) is 13.2 Å². The van der Waals surface area contributed by atoms with E-state index in [2.05, 4.69) is 39.8 Å². The van der Waals surface area contributed by atoms with E-state index in [0.29, 0.717) is 0 Å². The van der Waals surface area contributed by atoms with Gasteiger partial charge in [0.15, 0.2) is 0 Å². The Morgan fingerprint density at radius 3 is 1.43 bits per heavy atom. The first-order valence-electron chi connectivity index (χ1n) is 9.21. The first-order valence-corrected chi connectivity index (χ1v) is 9.21. The fraction of sp³-hybridized carbons (Fsp3) is 0.800. The van der Waals surface area contributed by atoms with E-state index in [-0.39, 0.29) is 0 Å².